The van der Waals surface area contributed by atoms with Gasteiger partial charge in [-0.2, -0.15) is 4.98 Å². The summed E-state index contributed by atoms with van der Waals surface area (Å²) in [5.74, 6) is 0.359. The van der Waals surface area contributed by atoms with Gasteiger partial charge in [-0.05, 0) is 74.7 Å². The van der Waals surface area contributed by atoms with Crippen LogP contribution in [0.25, 0.3) is 22.5 Å². The number of nitrogens with zero attached hydrogens (tertiary/aromatic N) is 4. The van der Waals surface area contributed by atoms with Crippen molar-refractivity contribution in [3.05, 3.63) is 76.9 Å². The second-order valence-electron chi connectivity index (χ2n) is 8.53. The van der Waals surface area contributed by atoms with Gasteiger partial charge in [0.1, 0.15) is 5.82 Å². The number of hydrogen-bond donors (Lipinski definition) is 2. The average Bonchev–Trinajstić information content (AvgIpc) is 3.34. The lowest BCUT2D eigenvalue weighted by molar-refractivity contribution is 0.0958. The molecule has 5 rings (SSSR count). The van der Waals surface area contributed by atoms with Crippen molar-refractivity contribution in [3.8, 4) is 22.5 Å². The molecular formula is C26H25FN6O. The zero-order valence-corrected chi connectivity index (χ0v) is 19.5. The predicted molar refractivity (Wildman–Crippen MR) is 129 cm³/mol. The van der Waals surface area contributed by atoms with Crippen molar-refractivity contribution < 1.29 is 9.18 Å². The van der Waals surface area contributed by atoms with E-state index in [1.165, 1.54) is 6.07 Å². The first kappa shape index (κ1) is 21.8. The Morgan fingerprint density at radius 1 is 1.09 bits per heavy atom. The highest BCUT2D eigenvalue weighted by Gasteiger charge is 2.26. The molecule has 1 atom stereocenters. The van der Waals surface area contributed by atoms with Gasteiger partial charge in [0, 0.05) is 35.2 Å². The van der Waals surface area contributed by atoms with Gasteiger partial charge in [-0.3, -0.25) is 9.78 Å². The van der Waals surface area contributed by atoms with E-state index in [0.717, 1.165) is 33.6 Å². The molecule has 2 N–H and O–H groups in total. The number of hydrogen-bond acceptors (Lipinski definition) is 5. The molecule has 0 bridgehead atoms. The predicted octanol–water partition coefficient (Wildman–Crippen LogP) is 5.33. The highest BCUT2D eigenvalue weighted by atomic mass is 19.1. The standard InChI is InChI=1S/C26H25FN6O/c1-5-33-26(30-23-12-20-16(4)29-25(34)21(20)10-14(23)2)31-24(32-33)19-9-8-17(11-22(19)27)18-7-6-15(3)28-13-18/h6-13,16H,5H2,1-4H3,(H,29,34)(H,30,31,32). The maximum atomic E-state index is 15.1. The normalized spacial score (nSPS) is 14.7. The van der Waals surface area contributed by atoms with Crippen LogP contribution in [0.4, 0.5) is 16.0 Å². The van der Waals surface area contributed by atoms with E-state index in [-0.39, 0.29) is 11.9 Å². The summed E-state index contributed by atoms with van der Waals surface area (Å²) in [7, 11) is 0. The molecule has 34 heavy (non-hydrogen) atoms. The van der Waals surface area contributed by atoms with E-state index in [4.69, 9.17) is 0 Å². The monoisotopic (exact) mass is 456 g/mol. The highest BCUT2D eigenvalue weighted by molar-refractivity contribution is 6.00. The van der Waals surface area contributed by atoms with Crippen LogP contribution in [-0.2, 0) is 6.54 Å². The summed E-state index contributed by atoms with van der Waals surface area (Å²) in [6, 6.07) is 12.6. The maximum Gasteiger partial charge on any atom is 0.252 e. The number of pyridine rings is 1. The van der Waals surface area contributed by atoms with E-state index in [0.29, 0.717) is 29.4 Å². The number of nitrogens with one attached hydrogen (secondary N) is 2. The third-order valence-corrected chi connectivity index (χ3v) is 6.13. The summed E-state index contributed by atoms with van der Waals surface area (Å²) in [6.45, 7) is 8.31. The van der Waals surface area contributed by atoms with Crippen molar-refractivity contribution in [2.24, 2.45) is 0 Å². The van der Waals surface area contributed by atoms with E-state index >= 15 is 4.39 Å². The van der Waals surface area contributed by atoms with Crippen LogP contribution >= 0.6 is 0 Å². The van der Waals surface area contributed by atoms with Crippen LogP contribution in [0.2, 0.25) is 0 Å². The number of benzene rings is 2. The fourth-order valence-electron chi connectivity index (χ4n) is 4.17. The fourth-order valence-corrected chi connectivity index (χ4v) is 4.17. The van der Waals surface area contributed by atoms with E-state index in [2.05, 4.69) is 25.7 Å². The van der Waals surface area contributed by atoms with E-state index in [1.54, 1.807) is 16.9 Å². The van der Waals surface area contributed by atoms with Crippen LogP contribution in [-0.4, -0.2) is 25.7 Å². The zero-order valence-electron chi connectivity index (χ0n) is 19.5. The smallest absolute Gasteiger partial charge is 0.252 e. The number of fused-ring (bicyclic) bond motifs is 1. The number of rotatable bonds is 5. The van der Waals surface area contributed by atoms with Crippen LogP contribution in [0.1, 0.15) is 47.1 Å². The summed E-state index contributed by atoms with van der Waals surface area (Å²) < 4.78 is 16.8. The van der Waals surface area contributed by atoms with E-state index in [1.807, 2.05) is 58.0 Å². The number of carbonyl (C=O) groups is 1. The molecule has 8 heteroatoms. The zero-order chi connectivity index (χ0) is 24.0. The lowest BCUT2D eigenvalue weighted by Crippen LogP contribution is -2.16. The van der Waals surface area contributed by atoms with Gasteiger partial charge in [0.05, 0.1) is 11.6 Å². The summed E-state index contributed by atoms with van der Waals surface area (Å²) in [5, 5.41) is 10.8. The van der Waals surface area contributed by atoms with Crippen LogP contribution in [0.15, 0.2) is 48.7 Å². The van der Waals surface area contributed by atoms with Crippen molar-refractivity contribution in [2.75, 3.05) is 5.32 Å². The van der Waals surface area contributed by atoms with Gasteiger partial charge >= 0.3 is 0 Å². The molecule has 2 aromatic carbocycles. The van der Waals surface area contributed by atoms with Gasteiger partial charge in [-0.15, -0.1) is 5.10 Å². The highest BCUT2D eigenvalue weighted by Crippen LogP contribution is 2.32. The Balaban J connectivity index is 1.47. The molecule has 1 amide bonds. The fraction of sp³-hybridized carbons (Fsp3) is 0.231. The van der Waals surface area contributed by atoms with Crippen LogP contribution in [0.5, 0.6) is 0 Å². The van der Waals surface area contributed by atoms with Gasteiger partial charge in [-0.25, -0.2) is 9.07 Å². The van der Waals surface area contributed by atoms with Gasteiger partial charge in [0.2, 0.25) is 5.95 Å². The van der Waals surface area contributed by atoms with Crippen molar-refractivity contribution in [1.82, 2.24) is 25.1 Å². The van der Waals surface area contributed by atoms with Gasteiger partial charge < -0.3 is 10.6 Å². The summed E-state index contributed by atoms with van der Waals surface area (Å²) in [4.78, 5) is 21.0. The Bertz CT molecular complexity index is 1410. The summed E-state index contributed by atoms with van der Waals surface area (Å²) in [6.07, 6.45) is 1.73. The van der Waals surface area contributed by atoms with Crippen LogP contribution < -0.4 is 10.6 Å². The first-order valence-corrected chi connectivity index (χ1v) is 11.2. The third kappa shape index (κ3) is 3.81. The van der Waals surface area contributed by atoms with Crippen LogP contribution in [0.3, 0.4) is 0 Å². The van der Waals surface area contributed by atoms with E-state index in [9.17, 15) is 4.79 Å². The Kier molecular flexibility index (Phi) is 5.36. The average molecular weight is 457 g/mol. The second kappa shape index (κ2) is 8.37. The molecule has 3 heterocycles. The number of anilines is 2. The molecule has 1 unspecified atom stereocenters. The molecule has 172 valence electrons. The topological polar surface area (TPSA) is 84.7 Å². The number of carbonyl (C=O) groups excluding carboxylic acids is 1. The molecule has 1 aliphatic heterocycles. The second-order valence-corrected chi connectivity index (χ2v) is 8.53. The minimum absolute atomic E-state index is 0.0559. The molecule has 0 fully saturated rings. The first-order valence-electron chi connectivity index (χ1n) is 11.2. The minimum Gasteiger partial charge on any atom is -0.345 e. The first-order chi connectivity index (χ1) is 16.3. The number of aromatic nitrogens is 4. The Labute approximate surface area is 197 Å². The number of amides is 1. The largest absolute Gasteiger partial charge is 0.345 e. The molecule has 0 aliphatic carbocycles. The molecule has 0 saturated heterocycles. The van der Waals surface area contributed by atoms with Crippen molar-refractivity contribution in [3.63, 3.8) is 0 Å². The summed E-state index contributed by atoms with van der Waals surface area (Å²) in [5.41, 5.74) is 6.20. The lowest BCUT2D eigenvalue weighted by Gasteiger charge is -2.12. The quantitative estimate of drug-likeness (QED) is 0.424. The Hall–Kier alpha value is -4.07. The molecule has 2 aromatic heterocycles. The third-order valence-electron chi connectivity index (χ3n) is 6.13. The maximum absolute atomic E-state index is 15.1. The number of halogens is 1. The van der Waals surface area contributed by atoms with Gasteiger partial charge in [0.25, 0.3) is 5.91 Å². The van der Waals surface area contributed by atoms with Gasteiger partial charge in [0.15, 0.2) is 5.82 Å². The molecule has 0 radical (unpaired) electrons. The molecule has 0 saturated carbocycles. The summed E-state index contributed by atoms with van der Waals surface area (Å²) >= 11 is 0. The van der Waals surface area contributed by atoms with Crippen molar-refractivity contribution in [2.45, 2.75) is 40.3 Å². The molecular weight excluding hydrogens is 431 g/mol. The van der Waals surface area contributed by atoms with Crippen molar-refractivity contribution >= 4 is 17.5 Å². The molecule has 4 aromatic rings. The lowest BCUT2D eigenvalue weighted by atomic mass is 10.0. The SMILES string of the molecule is CCn1nc(-c2ccc(-c3ccc(C)nc3)cc2F)nc1Nc1cc2c(cc1C)C(=O)NC2C. The molecule has 0 spiro atoms. The number of aryl methyl sites for hydroxylation is 3. The molecule has 7 nitrogen and oxygen atoms in total. The van der Waals surface area contributed by atoms with Gasteiger partial charge in [-0.1, -0.05) is 12.1 Å². The van der Waals surface area contributed by atoms with E-state index < -0.39 is 5.82 Å². The Morgan fingerprint density at radius 2 is 1.88 bits per heavy atom. The molecule has 1 aliphatic rings. The Morgan fingerprint density at radius 3 is 2.59 bits per heavy atom. The van der Waals surface area contributed by atoms with Crippen molar-refractivity contribution in [1.29, 1.82) is 0 Å². The van der Waals surface area contributed by atoms with Crippen LogP contribution in [0, 0.1) is 19.7 Å². The minimum atomic E-state index is -0.398.